The van der Waals surface area contributed by atoms with Gasteiger partial charge in [0.25, 0.3) is 0 Å². The molecular weight excluding hydrogens is 274 g/mol. The number of nitrogens with two attached hydrogens (primary N) is 1. The summed E-state index contributed by atoms with van der Waals surface area (Å²) in [5, 5.41) is 0. The van der Waals surface area contributed by atoms with Gasteiger partial charge in [-0.15, -0.1) is 0 Å². The van der Waals surface area contributed by atoms with E-state index >= 15 is 0 Å². The molecule has 4 nitrogen and oxygen atoms in total. The van der Waals surface area contributed by atoms with Gasteiger partial charge in [-0.2, -0.15) is 0 Å². The summed E-state index contributed by atoms with van der Waals surface area (Å²) >= 11 is 0. The highest BCUT2D eigenvalue weighted by Gasteiger charge is 2.31. The molecule has 0 spiro atoms. The van der Waals surface area contributed by atoms with Crippen molar-refractivity contribution >= 4 is 5.91 Å². The molecule has 2 heterocycles. The second-order valence-corrected chi connectivity index (χ2v) is 6.84. The lowest BCUT2D eigenvalue weighted by Crippen LogP contribution is -2.38. The topological polar surface area (TPSA) is 49.6 Å². The minimum Gasteiger partial charge on any atom is -0.341 e. The van der Waals surface area contributed by atoms with E-state index in [1.54, 1.807) is 0 Å². The van der Waals surface area contributed by atoms with Gasteiger partial charge in [0.2, 0.25) is 5.91 Å². The summed E-state index contributed by atoms with van der Waals surface area (Å²) in [6.45, 7) is 7.37. The Morgan fingerprint density at radius 3 is 2.59 bits per heavy atom. The first-order chi connectivity index (χ1) is 10.6. The van der Waals surface area contributed by atoms with Crippen molar-refractivity contribution in [3.63, 3.8) is 0 Å². The monoisotopic (exact) mass is 301 g/mol. The molecule has 2 aliphatic heterocycles. The lowest BCUT2D eigenvalue weighted by molar-refractivity contribution is -0.131. The lowest BCUT2D eigenvalue weighted by atomic mass is 10.0. The van der Waals surface area contributed by atoms with Gasteiger partial charge in [-0.1, -0.05) is 29.8 Å². The summed E-state index contributed by atoms with van der Waals surface area (Å²) in [7, 11) is 0. The van der Waals surface area contributed by atoms with Crippen LogP contribution >= 0.6 is 0 Å². The van der Waals surface area contributed by atoms with Crippen molar-refractivity contribution in [1.82, 2.24) is 9.80 Å². The fourth-order valence-corrected chi connectivity index (χ4v) is 3.63. The molecule has 2 atom stereocenters. The van der Waals surface area contributed by atoms with Crippen LogP contribution in [0.5, 0.6) is 0 Å². The standard InChI is InChI=1S/C18H27N3O/c1-14-4-6-16(7-5-14)17(19)18(22)21-11-8-15(13-21)12-20-9-2-3-10-20/h4-7,15,17H,2-3,8-13,19H2,1H3. The van der Waals surface area contributed by atoms with Crippen molar-refractivity contribution in [2.24, 2.45) is 11.7 Å². The van der Waals surface area contributed by atoms with Crippen molar-refractivity contribution in [3.05, 3.63) is 35.4 Å². The number of carbonyl (C=O) groups is 1. The molecule has 1 amide bonds. The first-order valence-electron chi connectivity index (χ1n) is 8.47. The van der Waals surface area contributed by atoms with Crippen LogP contribution in [0, 0.1) is 12.8 Å². The van der Waals surface area contributed by atoms with Crippen LogP contribution in [0.1, 0.15) is 36.4 Å². The fourth-order valence-electron chi connectivity index (χ4n) is 3.63. The second kappa shape index (κ2) is 6.80. The minimum atomic E-state index is -0.522. The molecule has 120 valence electrons. The zero-order valence-corrected chi connectivity index (χ0v) is 13.5. The Kier molecular flexibility index (Phi) is 4.79. The van der Waals surface area contributed by atoms with Crippen LogP contribution < -0.4 is 5.73 Å². The van der Waals surface area contributed by atoms with Gasteiger partial charge < -0.3 is 15.5 Å². The number of rotatable bonds is 4. The first-order valence-corrected chi connectivity index (χ1v) is 8.47. The van der Waals surface area contributed by atoms with Gasteiger partial charge in [0.05, 0.1) is 0 Å². The second-order valence-electron chi connectivity index (χ2n) is 6.84. The van der Waals surface area contributed by atoms with E-state index < -0.39 is 6.04 Å². The number of carbonyl (C=O) groups excluding carboxylic acids is 1. The zero-order valence-electron chi connectivity index (χ0n) is 13.5. The maximum Gasteiger partial charge on any atom is 0.244 e. The molecule has 3 rings (SSSR count). The van der Waals surface area contributed by atoms with E-state index in [0.717, 1.165) is 31.6 Å². The van der Waals surface area contributed by atoms with Crippen LogP contribution in [0.4, 0.5) is 0 Å². The molecule has 1 aromatic carbocycles. The van der Waals surface area contributed by atoms with Gasteiger partial charge in [-0.3, -0.25) is 4.79 Å². The Hall–Kier alpha value is -1.39. The summed E-state index contributed by atoms with van der Waals surface area (Å²) in [6.07, 6.45) is 3.77. The van der Waals surface area contributed by atoms with Crippen molar-refractivity contribution < 1.29 is 4.79 Å². The maximum absolute atomic E-state index is 12.6. The number of amides is 1. The summed E-state index contributed by atoms with van der Waals surface area (Å²) in [4.78, 5) is 17.1. The Morgan fingerprint density at radius 1 is 1.23 bits per heavy atom. The van der Waals surface area contributed by atoms with E-state index in [4.69, 9.17) is 5.73 Å². The molecule has 1 aromatic rings. The largest absolute Gasteiger partial charge is 0.341 e. The highest BCUT2D eigenvalue weighted by molar-refractivity contribution is 5.83. The molecule has 2 N–H and O–H groups in total. The molecule has 2 aliphatic rings. The van der Waals surface area contributed by atoms with Gasteiger partial charge in [-0.25, -0.2) is 0 Å². The van der Waals surface area contributed by atoms with Crippen LogP contribution in [-0.4, -0.2) is 48.4 Å². The summed E-state index contributed by atoms with van der Waals surface area (Å²) in [5.41, 5.74) is 8.28. The third kappa shape index (κ3) is 3.50. The number of nitrogens with zero attached hydrogens (tertiary/aromatic N) is 2. The van der Waals surface area contributed by atoms with E-state index in [1.807, 2.05) is 36.1 Å². The SMILES string of the molecule is Cc1ccc(C(N)C(=O)N2CCC(CN3CCCC3)C2)cc1. The van der Waals surface area contributed by atoms with Gasteiger partial charge in [0, 0.05) is 19.6 Å². The molecule has 0 bridgehead atoms. The highest BCUT2D eigenvalue weighted by atomic mass is 16.2. The van der Waals surface area contributed by atoms with Crippen molar-refractivity contribution in [2.45, 2.75) is 32.2 Å². The van der Waals surface area contributed by atoms with Gasteiger partial charge in [0.1, 0.15) is 6.04 Å². The Labute approximate surface area is 133 Å². The van der Waals surface area contributed by atoms with Gasteiger partial charge >= 0.3 is 0 Å². The molecule has 0 saturated carbocycles. The maximum atomic E-state index is 12.6. The quantitative estimate of drug-likeness (QED) is 0.924. The third-order valence-corrected chi connectivity index (χ3v) is 5.02. The predicted octanol–water partition coefficient (Wildman–Crippen LogP) is 1.94. The molecule has 4 heteroatoms. The molecule has 2 saturated heterocycles. The van der Waals surface area contributed by atoms with E-state index in [1.165, 1.54) is 31.5 Å². The molecular formula is C18H27N3O. The summed E-state index contributed by atoms with van der Waals surface area (Å²) in [5.74, 6) is 0.694. The van der Waals surface area contributed by atoms with Crippen LogP contribution in [0.25, 0.3) is 0 Å². The van der Waals surface area contributed by atoms with Crippen molar-refractivity contribution in [1.29, 1.82) is 0 Å². The third-order valence-electron chi connectivity index (χ3n) is 5.02. The molecule has 0 aromatic heterocycles. The molecule has 22 heavy (non-hydrogen) atoms. The van der Waals surface area contributed by atoms with Gasteiger partial charge in [0.15, 0.2) is 0 Å². The first kappa shape index (κ1) is 15.5. The van der Waals surface area contributed by atoms with E-state index in [9.17, 15) is 4.79 Å². The number of likely N-dealkylation sites (tertiary alicyclic amines) is 2. The number of aryl methyl sites for hydroxylation is 1. The number of hydrogen-bond donors (Lipinski definition) is 1. The van der Waals surface area contributed by atoms with Crippen LogP contribution in [0.3, 0.4) is 0 Å². The predicted molar refractivity (Wildman–Crippen MR) is 88.5 cm³/mol. The normalized spacial score (nSPS) is 23.9. The molecule has 0 radical (unpaired) electrons. The smallest absolute Gasteiger partial charge is 0.244 e. The highest BCUT2D eigenvalue weighted by Crippen LogP contribution is 2.23. The average molecular weight is 301 g/mol. The van der Waals surface area contributed by atoms with Crippen LogP contribution in [-0.2, 0) is 4.79 Å². The Balaban J connectivity index is 1.55. The Bertz CT molecular complexity index is 508. The van der Waals surface area contributed by atoms with Crippen molar-refractivity contribution in [2.75, 3.05) is 32.7 Å². The molecule has 2 unspecified atom stereocenters. The fraction of sp³-hybridized carbons (Fsp3) is 0.611. The van der Waals surface area contributed by atoms with E-state index in [-0.39, 0.29) is 5.91 Å². The zero-order chi connectivity index (χ0) is 15.5. The lowest BCUT2D eigenvalue weighted by Gasteiger charge is -2.23. The summed E-state index contributed by atoms with van der Waals surface area (Å²) in [6, 6.07) is 7.45. The Morgan fingerprint density at radius 2 is 1.91 bits per heavy atom. The van der Waals surface area contributed by atoms with Crippen LogP contribution in [0.2, 0.25) is 0 Å². The molecule has 2 fully saturated rings. The van der Waals surface area contributed by atoms with Crippen molar-refractivity contribution in [3.8, 4) is 0 Å². The van der Waals surface area contributed by atoms with E-state index in [2.05, 4.69) is 4.90 Å². The number of benzene rings is 1. The van der Waals surface area contributed by atoms with Gasteiger partial charge in [-0.05, 0) is 50.8 Å². The number of hydrogen-bond acceptors (Lipinski definition) is 3. The minimum absolute atomic E-state index is 0.0766. The average Bonchev–Trinajstić information content (AvgIpc) is 3.19. The summed E-state index contributed by atoms with van der Waals surface area (Å²) < 4.78 is 0. The van der Waals surface area contributed by atoms with Crippen LogP contribution in [0.15, 0.2) is 24.3 Å². The molecule has 0 aliphatic carbocycles. The van der Waals surface area contributed by atoms with E-state index in [0.29, 0.717) is 5.92 Å².